The number of carbonyl (C=O) groups excluding carboxylic acids is 1. The number of aromatic nitrogens is 6. The fourth-order valence-electron chi connectivity index (χ4n) is 1.90. The number of tetrazole rings is 1. The van der Waals surface area contributed by atoms with Crippen LogP contribution in [0.25, 0.3) is 0 Å². The number of nitrogens with one attached hydrogen (secondary N) is 1. The molecule has 0 saturated carbocycles. The molecule has 0 aromatic carbocycles. The Hall–Kier alpha value is -2.25. The van der Waals surface area contributed by atoms with Gasteiger partial charge >= 0.3 is 0 Å². The van der Waals surface area contributed by atoms with Crippen molar-refractivity contribution in [2.75, 3.05) is 0 Å². The smallest absolute Gasteiger partial charge is 0.220 e. The predicted octanol–water partition coefficient (Wildman–Crippen LogP) is 0.376. The summed E-state index contributed by atoms with van der Waals surface area (Å²) in [6.07, 6.45) is 7.44. The van der Waals surface area contributed by atoms with Gasteiger partial charge in [-0.1, -0.05) is 6.92 Å². The van der Waals surface area contributed by atoms with E-state index in [1.165, 1.54) is 0 Å². The third-order valence-corrected chi connectivity index (χ3v) is 2.89. The van der Waals surface area contributed by atoms with Crippen LogP contribution >= 0.6 is 0 Å². The summed E-state index contributed by atoms with van der Waals surface area (Å²) < 4.78 is 3.67. The Morgan fingerprint density at radius 1 is 1.40 bits per heavy atom. The molecule has 1 amide bonds. The van der Waals surface area contributed by atoms with E-state index in [2.05, 4.69) is 37.3 Å². The summed E-state index contributed by atoms with van der Waals surface area (Å²) in [4.78, 5) is 16.0. The van der Waals surface area contributed by atoms with Gasteiger partial charge in [-0.2, -0.15) is 0 Å². The molecule has 0 fully saturated rings. The molecular weight excluding hydrogens is 258 g/mol. The van der Waals surface area contributed by atoms with Crippen LogP contribution in [0.5, 0.6) is 0 Å². The Kier molecular flexibility index (Phi) is 5.22. The van der Waals surface area contributed by atoms with Crippen LogP contribution in [0.2, 0.25) is 0 Å². The first-order chi connectivity index (χ1) is 9.79. The minimum atomic E-state index is 0.0177. The molecular formula is C12H19N7O. The topological polar surface area (TPSA) is 90.5 Å². The van der Waals surface area contributed by atoms with Crippen LogP contribution in [0.3, 0.4) is 0 Å². The molecule has 0 radical (unpaired) electrons. The van der Waals surface area contributed by atoms with E-state index < -0.39 is 0 Å². The van der Waals surface area contributed by atoms with Gasteiger partial charge in [-0.3, -0.25) is 4.79 Å². The van der Waals surface area contributed by atoms with Crippen LogP contribution < -0.4 is 5.32 Å². The average Bonchev–Trinajstić information content (AvgIpc) is 3.08. The second-order valence-corrected chi connectivity index (χ2v) is 4.49. The number of rotatable bonds is 8. The van der Waals surface area contributed by atoms with Crippen molar-refractivity contribution in [2.45, 2.75) is 45.8 Å². The van der Waals surface area contributed by atoms with Gasteiger partial charge < -0.3 is 9.88 Å². The molecule has 0 unspecified atom stereocenters. The molecule has 2 rings (SSSR count). The third-order valence-electron chi connectivity index (χ3n) is 2.89. The van der Waals surface area contributed by atoms with Crippen molar-refractivity contribution in [2.24, 2.45) is 0 Å². The monoisotopic (exact) mass is 277 g/mol. The van der Waals surface area contributed by atoms with Crippen molar-refractivity contribution >= 4 is 5.91 Å². The fourth-order valence-corrected chi connectivity index (χ4v) is 1.90. The Morgan fingerprint density at radius 2 is 2.30 bits per heavy atom. The second kappa shape index (κ2) is 7.37. The van der Waals surface area contributed by atoms with Gasteiger partial charge in [0.2, 0.25) is 5.91 Å². The lowest BCUT2D eigenvalue weighted by atomic mass is 10.3. The Balaban J connectivity index is 1.68. The van der Waals surface area contributed by atoms with Crippen LogP contribution in [0.1, 0.15) is 32.0 Å². The molecule has 1 N–H and O–H groups in total. The van der Waals surface area contributed by atoms with Crippen LogP contribution in [-0.4, -0.2) is 35.7 Å². The van der Waals surface area contributed by atoms with Crippen molar-refractivity contribution in [3.05, 3.63) is 24.5 Å². The van der Waals surface area contributed by atoms with Crippen LogP contribution in [0, 0.1) is 0 Å². The summed E-state index contributed by atoms with van der Waals surface area (Å²) >= 11 is 0. The predicted molar refractivity (Wildman–Crippen MR) is 71.4 cm³/mol. The number of imidazole rings is 1. The standard InChI is InChI=1S/C12H19N7O/c1-2-6-18-8-5-13-11(18)9-14-12(20)4-3-7-19-10-15-16-17-19/h5,8,10H,2-4,6-7,9H2,1H3,(H,14,20). The maximum absolute atomic E-state index is 11.7. The first kappa shape index (κ1) is 14.2. The first-order valence-corrected chi connectivity index (χ1v) is 6.77. The SMILES string of the molecule is CCCn1ccnc1CNC(=O)CCCn1cnnn1. The second-order valence-electron chi connectivity index (χ2n) is 4.49. The Morgan fingerprint density at radius 3 is 3.05 bits per heavy atom. The van der Waals surface area contributed by atoms with E-state index in [-0.39, 0.29) is 5.91 Å². The van der Waals surface area contributed by atoms with E-state index in [0.29, 0.717) is 25.9 Å². The van der Waals surface area contributed by atoms with E-state index in [1.807, 2.05) is 6.20 Å². The molecule has 108 valence electrons. The lowest BCUT2D eigenvalue weighted by Crippen LogP contribution is -2.24. The van der Waals surface area contributed by atoms with Crippen molar-refractivity contribution in [1.82, 2.24) is 35.1 Å². The van der Waals surface area contributed by atoms with Crippen LogP contribution in [-0.2, 0) is 24.4 Å². The molecule has 0 atom stereocenters. The number of hydrogen-bond donors (Lipinski definition) is 1. The number of amides is 1. The quantitative estimate of drug-likeness (QED) is 0.753. The summed E-state index contributed by atoms with van der Waals surface area (Å²) in [6.45, 7) is 4.15. The minimum Gasteiger partial charge on any atom is -0.349 e. The maximum Gasteiger partial charge on any atom is 0.220 e. The molecule has 20 heavy (non-hydrogen) atoms. The van der Waals surface area contributed by atoms with Gasteiger partial charge in [0.05, 0.1) is 6.54 Å². The molecule has 0 spiro atoms. The van der Waals surface area contributed by atoms with Gasteiger partial charge in [-0.05, 0) is 23.3 Å². The van der Waals surface area contributed by atoms with Crippen LogP contribution in [0.4, 0.5) is 0 Å². The number of nitrogens with zero attached hydrogens (tertiary/aromatic N) is 6. The van der Waals surface area contributed by atoms with Crippen molar-refractivity contribution in [3.63, 3.8) is 0 Å². The van der Waals surface area contributed by atoms with Crippen molar-refractivity contribution in [3.8, 4) is 0 Å². The zero-order chi connectivity index (χ0) is 14.2. The molecule has 0 bridgehead atoms. The highest BCUT2D eigenvalue weighted by molar-refractivity contribution is 5.75. The summed E-state index contributed by atoms with van der Waals surface area (Å²) in [5, 5.41) is 13.7. The number of aryl methyl sites for hydroxylation is 2. The Bertz CT molecular complexity index is 520. The fraction of sp³-hybridized carbons (Fsp3) is 0.583. The minimum absolute atomic E-state index is 0.0177. The number of carbonyl (C=O) groups is 1. The lowest BCUT2D eigenvalue weighted by molar-refractivity contribution is -0.121. The highest BCUT2D eigenvalue weighted by Crippen LogP contribution is 2.00. The van der Waals surface area contributed by atoms with Gasteiger partial charge in [-0.15, -0.1) is 5.10 Å². The van der Waals surface area contributed by atoms with E-state index in [4.69, 9.17) is 0 Å². The molecule has 2 aromatic heterocycles. The van der Waals surface area contributed by atoms with Gasteiger partial charge in [0.15, 0.2) is 0 Å². The molecule has 2 heterocycles. The largest absolute Gasteiger partial charge is 0.349 e. The summed E-state index contributed by atoms with van der Waals surface area (Å²) in [7, 11) is 0. The molecule has 0 aliphatic rings. The van der Waals surface area contributed by atoms with Crippen LogP contribution in [0.15, 0.2) is 18.7 Å². The zero-order valence-corrected chi connectivity index (χ0v) is 11.6. The molecule has 0 aliphatic heterocycles. The lowest BCUT2D eigenvalue weighted by Gasteiger charge is -2.07. The highest BCUT2D eigenvalue weighted by Gasteiger charge is 2.05. The summed E-state index contributed by atoms with van der Waals surface area (Å²) in [5.41, 5.74) is 0. The summed E-state index contributed by atoms with van der Waals surface area (Å²) in [6, 6.07) is 0. The van der Waals surface area contributed by atoms with Crippen molar-refractivity contribution in [1.29, 1.82) is 0 Å². The molecule has 8 heteroatoms. The zero-order valence-electron chi connectivity index (χ0n) is 11.6. The van der Waals surface area contributed by atoms with Gasteiger partial charge in [0.25, 0.3) is 0 Å². The molecule has 2 aromatic rings. The molecule has 8 nitrogen and oxygen atoms in total. The van der Waals surface area contributed by atoms with Crippen molar-refractivity contribution < 1.29 is 4.79 Å². The highest BCUT2D eigenvalue weighted by atomic mass is 16.1. The Labute approximate surface area is 117 Å². The third kappa shape index (κ3) is 4.15. The van der Waals surface area contributed by atoms with Gasteiger partial charge in [0.1, 0.15) is 12.2 Å². The molecule has 0 aliphatic carbocycles. The first-order valence-electron chi connectivity index (χ1n) is 6.77. The van der Waals surface area contributed by atoms with E-state index in [1.54, 1.807) is 17.2 Å². The molecule has 0 saturated heterocycles. The van der Waals surface area contributed by atoms with Gasteiger partial charge in [-0.25, -0.2) is 9.67 Å². The number of hydrogen-bond acceptors (Lipinski definition) is 5. The maximum atomic E-state index is 11.7. The van der Waals surface area contributed by atoms with Gasteiger partial charge in [0, 0.05) is 31.9 Å². The average molecular weight is 277 g/mol. The van der Waals surface area contributed by atoms with E-state index >= 15 is 0 Å². The summed E-state index contributed by atoms with van der Waals surface area (Å²) in [5.74, 6) is 0.907. The van der Waals surface area contributed by atoms with E-state index in [9.17, 15) is 4.79 Å². The normalized spacial score (nSPS) is 10.7. The van der Waals surface area contributed by atoms with E-state index in [0.717, 1.165) is 18.8 Å².